The van der Waals surface area contributed by atoms with E-state index >= 15 is 0 Å². The van der Waals surface area contributed by atoms with E-state index in [1.165, 1.54) is 11.1 Å². The van der Waals surface area contributed by atoms with Gasteiger partial charge in [0.15, 0.2) is 0 Å². The predicted molar refractivity (Wildman–Crippen MR) is 63.1 cm³/mol. The fourth-order valence-electron chi connectivity index (χ4n) is 1.40. The fourth-order valence-corrected chi connectivity index (χ4v) is 1.99. The lowest BCUT2D eigenvalue weighted by Gasteiger charge is -2.10. The van der Waals surface area contributed by atoms with Crippen molar-refractivity contribution in [1.82, 2.24) is 5.32 Å². The van der Waals surface area contributed by atoms with Crippen molar-refractivity contribution < 1.29 is 4.74 Å². The Morgan fingerprint density at radius 3 is 2.71 bits per heavy atom. The molecule has 0 bridgehead atoms. The van der Waals surface area contributed by atoms with Crippen molar-refractivity contribution >= 4 is 15.9 Å². The van der Waals surface area contributed by atoms with Gasteiger partial charge in [0.1, 0.15) is 5.75 Å². The Morgan fingerprint density at radius 2 is 2.14 bits per heavy atom. The average molecular weight is 258 g/mol. The molecular formula is C11H16BrNO. The van der Waals surface area contributed by atoms with Crippen LogP contribution in [0.4, 0.5) is 0 Å². The van der Waals surface area contributed by atoms with E-state index in [-0.39, 0.29) is 0 Å². The monoisotopic (exact) mass is 257 g/mol. The van der Waals surface area contributed by atoms with Crippen LogP contribution in [0, 0.1) is 6.92 Å². The molecule has 0 radical (unpaired) electrons. The van der Waals surface area contributed by atoms with E-state index in [9.17, 15) is 0 Å². The summed E-state index contributed by atoms with van der Waals surface area (Å²) in [5, 5.41) is 3.14. The second kappa shape index (κ2) is 5.37. The molecule has 0 unspecified atom stereocenters. The van der Waals surface area contributed by atoms with Gasteiger partial charge in [-0.2, -0.15) is 0 Å². The number of methoxy groups -OCH3 is 1. The van der Waals surface area contributed by atoms with Crippen molar-refractivity contribution in [3.63, 3.8) is 0 Å². The molecule has 0 aliphatic rings. The number of halogens is 1. The summed E-state index contributed by atoms with van der Waals surface area (Å²) in [4.78, 5) is 0. The lowest BCUT2D eigenvalue weighted by atomic mass is 10.1. The first-order valence-electron chi connectivity index (χ1n) is 4.66. The molecule has 1 aromatic carbocycles. The quantitative estimate of drug-likeness (QED) is 0.896. The number of aryl methyl sites for hydroxylation is 1. The van der Waals surface area contributed by atoms with Crippen LogP contribution in [0.15, 0.2) is 16.6 Å². The van der Waals surface area contributed by atoms with Gasteiger partial charge in [0, 0.05) is 0 Å². The van der Waals surface area contributed by atoms with E-state index in [2.05, 4.69) is 34.2 Å². The van der Waals surface area contributed by atoms with Gasteiger partial charge in [-0.15, -0.1) is 0 Å². The molecule has 0 amide bonds. The molecule has 0 saturated carbocycles. The van der Waals surface area contributed by atoms with Crippen LogP contribution in [-0.2, 0) is 6.42 Å². The minimum absolute atomic E-state index is 0.913. The zero-order valence-electron chi connectivity index (χ0n) is 8.86. The lowest BCUT2D eigenvalue weighted by molar-refractivity contribution is 0.411. The van der Waals surface area contributed by atoms with E-state index in [1.54, 1.807) is 7.11 Å². The number of benzene rings is 1. The van der Waals surface area contributed by atoms with Crippen molar-refractivity contribution in [3.05, 3.63) is 27.7 Å². The number of rotatable bonds is 4. The molecular weight excluding hydrogens is 242 g/mol. The standard InChI is InChI=1S/C11H16BrNO/c1-8-6-9(4-5-13-2)11(12)10(7-8)14-3/h6-7,13H,4-5H2,1-3H3. The van der Waals surface area contributed by atoms with Gasteiger partial charge >= 0.3 is 0 Å². The minimum atomic E-state index is 0.913. The van der Waals surface area contributed by atoms with Gasteiger partial charge in [0.25, 0.3) is 0 Å². The van der Waals surface area contributed by atoms with E-state index in [0.717, 1.165) is 23.2 Å². The highest BCUT2D eigenvalue weighted by Crippen LogP contribution is 2.30. The highest BCUT2D eigenvalue weighted by atomic mass is 79.9. The molecule has 0 aliphatic heterocycles. The SMILES string of the molecule is CNCCc1cc(C)cc(OC)c1Br. The second-order valence-electron chi connectivity index (χ2n) is 3.29. The first kappa shape index (κ1) is 11.5. The van der Waals surface area contributed by atoms with Crippen LogP contribution in [0.25, 0.3) is 0 Å². The average Bonchev–Trinajstić information content (AvgIpc) is 2.18. The maximum Gasteiger partial charge on any atom is 0.133 e. The lowest BCUT2D eigenvalue weighted by Crippen LogP contribution is -2.10. The maximum atomic E-state index is 5.28. The molecule has 0 atom stereocenters. The molecule has 0 fully saturated rings. The number of hydrogen-bond acceptors (Lipinski definition) is 2. The van der Waals surface area contributed by atoms with Gasteiger partial charge in [-0.1, -0.05) is 6.07 Å². The molecule has 0 aliphatic carbocycles. The summed E-state index contributed by atoms with van der Waals surface area (Å²) in [6.45, 7) is 3.06. The zero-order valence-corrected chi connectivity index (χ0v) is 10.4. The first-order chi connectivity index (χ1) is 6.69. The predicted octanol–water partition coefficient (Wildman–Crippen LogP) is 2.53. The third-order valence-electron chi connectivity index (χ3n) is 2.12. The Balaban J connectivity index is 2.96. The van der Waals surface area contributed by atoms with Crippen LogP contribution < -0.4 is 10.1 Å². The molecule has 14 heavy (non-hydrogen) atoms. The third-order valence-corrected chi connectivity index (χ3v) is 3.02. The Labute approximate surface area is 93.8 Å². The van der Waals surface area contributed by atoms with Crippen LogP contribution in [0.3, 0.4) is 0 Å². The normalized spacial score (nSPS) is 10.3. The van der Waals surface area contributed by atoms with Crippen molar-refractivity contribution in [2.45, 2.75) is 13.3 Å². The molecule has 0 aromatic heterocycles. The van der Waals surface area contributed by atoms with E-state index in [4.69, 9.17) is 4.74 Å². The molecule has 0 spiro atoms. The van der Waals surface area contributed by atoms with Crippen molar-refractivity contribution in [2.24, 2.45) is 0 Å². The smallest absolute Gasteiger partial charge is 0.133 e. The van der Waals surface area contributed by atoms with Crippen LogP contribution in [-0.4, -0.2) is 20.7 Å². The highest BCUT2D eigenvalue weighted by Gasteiger charge is 2.06. The van der Waals surface area contributed by atoms with Gasteiger partial charge in [-0.3, -0.25) is 0 Å². The minimum Gasteiger partial charge on any atom is -0.496 e. The summed E-state index contributed by atoms with van der Waals surface area (Å²) in [6.07, 6.45) is 1.01. The Morgan fingerprint density at radius 1 is 1.43 bits per heavy atom. The van der Waals surface area contributed by atoms with Gasteiger partial charge in [-0.05, 0) is 60.1 Å². The van der Waals surface area contributed by atoms with E-state index < -0.39 is 0 Å². The molecule has 0 saturated heterocycles. The molecule has 1 N–H and O–H groups in total. The fraction of sp³-hybridized carbons (Fsp3) is 0.455. The van der Waals surface area contributed by atoms with Gasteiger partial charge < -0.3 is 10.1 Å². The highest BCUT2D eigenvalue weighted by molar-refractivity contribution is 9.10. The van der Waals surface area contributed by atoms with Crippen molar-refractivity contribution in [1.29, 1.82) is 0 Å². The Kier molecular flexibility index (Phi) is 4.42. The zero-order chi connectivity index (χ0) is 10.6. The van der Waals surface area contributed by atoms with Crippen LogP contribution in [0.5, 0.6) is 5.75 Å². The van der Waals surface area contributed by atoms with E-state index in [1.807, 2.05) is 13.1 Å². The van der Waals surface area contributed by atoms with Crippen LogP contribution >= 0.6 is 15.9 Å². The Hall–Kier alpha value is -0.540. The van der Waals surface area contributed by atoms with Gasteiger partial charge in [0.05, 0.1) is 11.6 Å². The summed E-state index contributed by atoms with van der Waals surface area (Å²) >= 11 is 3.55. The number of nitrogens with one attached hydrogen (secondary N) is 1. The van der Waals surface area contributed by atoms with Crippen LogP contribution in [0.2, 0.25) is 0 Å². The molecule has 3 heteroatoms. The van der Waals surface area contributed by atoms with Crippen molar-refractivity contribution in [3.8, 4) is 5.75 Å². The molecule has 0 heterocycles. The number of likely N-dealkylation sites (N-methyl/N-ethyl adjacent to an activating group) is 1. The largest absolute Gasteiger partial charge is 0.496 e. The summed E-state index contributed by atoms with van der Waals surface area (Å²) < 4.78 is 6.35. The van der Waals surface area contributed by atoms with Gasteiger partial charge in [-0.25, -0.2) is 0 Å². The Bertz CT molecular complexity index is 312. The van der Waals surface area contributed by atoms with Crippen molar-refractivity contribution in [2.75, 3.05) is 20.7 Å². The summed E-state index contributed by atoms with van der Waals surface area (Å²) in [6, 6.07) is 4.22. The summed E-state index contributed by atoms with van der Waals surface area (Å²) in [7, 11) is 3.66. The van der Waals surface area contributed by atoms with Gasteiger partial charge in [0.2, 0.25) is 0 Å². The van der Waals surface area contributed by atoms with E-state index in [0.29, 0.717) is 0 Å². The second-order valence-corrected chi connectivity index (χ2v) is 4.09. The molecule has 1 aromatic rings. The topological polar surface area (TPSA) is 21.3 Å². The molecule has 78 valence electrons. The molecule has 1 rings (SSSR count). The first-order valence-corrected chi connectivity index (χ1v) is 5.46. The number of hydrogen-bond donors (Lipinski definition) is 1. The number of ether oxygens (including phenoxy) is 1. The van der Waals surface area contributed by atoms with Crippen LogP contribution in [0.1, 0.15) is 11.1 Å². The summed E-state index contributed by atoms with van der Waals surface area (Å²) in [5.41, 5.74) is 2.52. The maximum absolute atomic E-state index is 5.28. The third kappa shape index (κ3) is 2.72. The molecule has 2 nitrogen and oxygen atoms in total. The summed E-state index contributed by atoms with van der Waals surface area (Å²) in [5.74, 6) is 0.913.